The summed E-state index contributed by atoms with van der Waals surface area (Å²) in [5.74, 6) is 0. The van der Waals surface area contributed by atoms with Crippen LogP contribution < -0.4 is 10.0 Å². The van der Waals surface area contributed by atoms with Crippen molar-refractivity contribution in [1.82, 2.24) is 14.3 Å². The first-order valence-electron chi connectivity index (χ1n) is 6.81. The molecule has 0 radical (unpaired) electrons. The summed E-state index contributed by atoms with van der Waals surface area (Å²) in [4.78, 5) is 3.94. The Balaban J connectivity index is 1.86. The van der Waals surface area contributed by atoms with Crippen LogP contribution >= 0.6 is 0 Å². The molecule has 0 amide bonds. The van der Waals surface area contributed by atoms with Crippen molar-refractivity contribution in [2.75, 3.05) is 18.4 Å². The van der Waals surface area contributed by atoms with Crippen LogP contribution in [0.5, 0.6) is 0 Å². The zero-order chi connectivity index (χ0) is 15.3. The molecule has 1 heterocycles. The van der Waals surface area contributed by atoms with Crippen molar-refractivity contribution in [3.05, 3.63) is 42.9 Å². The number of aromatic nitrogens is 2. The van der Waals surface area contributed by atoms with Crippen LogP contribution in [-0.2, 0) is 10.0 Å². The molecular formula is C14H20N4O2S. The second-order valence-electron chi connectivity index (χ2n) is 4.94. The largest absolute Gasteiger partial charge is 0.384 e. The summed E-state index contributed by atoms with van der Waals surface area (Å²) < 4.78 is 28.4. The molecular weight excluding hydrogens is 288 g/mol. The Bertz CT molecular complexity index is 665. The highest BCUT2D eigenvalue weighted by Crippen LogP contribution is 2.10. The van der Waals surface area contributed by atoms with E-state index in [2.05, 4.69) is 15.0 Å². The first-order chi connectivity index (χ1) is 9.99. The Morgan fingerprint density at radius 2 is 1.90 bits per heavy atom. The fourth-order valence-electron chi connectivity index (χ4n) is 1.76. The number of benzene rings is 1. The number of hydrogen-bond acceptors (Lipinski definition) is 4. The quantitative estimate of drug-likeness (QED) is 0.766. The number of anilines is 1. The number of hydrogen-bond donors (Lipinski definition) is 2. The van der Waals surface area contributed by atoms with Gasteiger partial charge in [-0.1, -0.05) is 18.2 Å². The third-order valence-corrected chi connectivity index (χ3v) is 4.32. The van der Waals surface area contributed by atoms with Gasteiger partial charge in [-0.3, -0.25) is 0 Å². The highest BCUT2D eigenvalue weighted by Gasteiger charge is 2.17. The molecule has 7 heteroatoms. The lowest BCUT2D eigenvalue weighted by Crippen LogP contribution is -2.29. The Labute approximate surface area is 125 Å². The van der Waals surface area contributed by atoms with Crippen molar-refractivity contribution in [3.63, 3.8) is 0 Å². The average Bonchev–Trinajstić information content (AvgIpc) is 2.96. The summed E-state index contributed by atoms with van der Waals surface area (Å²) in [7, 11) is -3.55. The second-order valence-corrected chi connectivity index (χ2v) is 6.66. The molecule has 2 rings (SSSR count). The van der Waals surface area contributed by atoms with Crippen LogP contribution in [0.3, 0.4) is 0 Å². The first kappa shape index (κ1) is 15.5. The summed E-state index contributed by atoms with van der Waals surface area (Å²) >= 11 is 0. The Morgan fingerprint density at radius 3 is 2.52 bits per heavy atom. The van der Waals surface area contributed by atoms with Gasteiger partial charge in [0.15, 0.2) is 5.03 Å². The van der Waals surface area contributed by atoms with Gasteiger partial charge in [-0.05, 0) is 26.0 Å². The van der Waals surface area contributed by atoms with Crippen molar-refractivity contribution in [1.29, 1.82) is 0 Å². The van der Waals surface area contributed by atoms with Crippen molar-refractivity contribution in [2.45, 2.75) is 24.9 Å². The molecule has 2 aromatic rings. The lowest BCUT2D eigenvalue weighted by Gasteiger charge is -2.07. The van der Waals surface area contributed by atoms with Crippen LogP contribution in [0.2, 0.25) is 0 Å². The smallest absolute Gasteiger partial charge is 0.259 e. The number of sulfonamides is 1. The van der Waals surface area contributed by atoms with E-state index in [1.807, 2.05) is 44.2 Å². The maximum atomic E-state index is 12.1. The van der Waals surface area contributed by atoms with Gasteiger partial charge in [-0.25, -0.2) is 18.1 Å². The molecule has 0 saturated heterocycles. The number of nitrogens with one attached hydrogen (secondary N) is 2. The molecule has 1 aromatic carbocycles. The van der Waals surface area contributed by atoms with Gasteiger partial charge in [-0.15, -0.1) is 0 Å². The zero-order valence-electron chi connectivity index (χ0n) is 12.2. The van der Waals surface area contributed by atoms with Crippen LogP contribution in [-0.4, -0.2) is 31.1 Å². The van der Waals surface area contributed by atoms with Crippen LogP contribution in [0.4, 0.5) is 5.69 Å². The van der Waals surface area contributed by atoms with Crippen molar-refractivity contribution in [3.8, 4) is 0 Å². The number of imidazole rings is 1. The first-order valence-corrected chi connectivity index (χ1v) is 8.29. The third kappa shape index (κ3) is 4.30. The van der Waals surface area contributed by atoms with E-state index in [1.54, 1.807) is 4.57 Å². The van der Waals surface area contributed by atoms with Crippen LogP contribution in [0.25, 0.3) is 0 Å². The van der Waals surface area contributed by atoms with E-state index in [0.29, 0.717) is 13.1 Å². The van der Waals surface area contributed by atoms with Gasteiger partial charge in [0.2, 0.25) is 0 Å². The topological polar surface area (TPSA) is 76.0 Å². The standard InChI is InChI=1S/C14H20N4O2S/c1-12(2)18-10-14(16-11-18)21(19,20)17-9-8-15-13-6-4-3-5-7-13/h3-7,10-12,15,17H,8-9H2,1-2H3. The molecule has 0 unspecified atom stereocenters. The van der Waals surface area contributed by atoms with Gasteiger partial charge in [0, 0.05) is 31.0 Å². The third-order valence-electron chi connectivity index (χ3n) is 2.97. The molecule has 0 saturated carbocycles. The van der Waals surface area contributed by atoms with Gasteiger partial charge in [0.05, 0.1) is 6.33 Å². The molecule has 0 aliphatic rings. The lowest BCUT2D eigenvalue weighted by atomic mass is 10.3. The molecule has 0 aliphatic carbocycles. The molecule has 2 N–H and O–H groups in total. The normalized spacial score (nSPS) is 11.8. The second kappa shape index (κ2) is 6.73. The number of nitrogens with zero attached hydrogens (tertiary/aromatic N) is 2. The minimum Gasteiger partial charge on any atom is -0.384 e. The SMILES string of the molecule is CC(C)n1cnc(S(=O)(=O)NCCNc2ccccc2)c1. The van der Waals surface area contributed by atoms with Crippen LogP contribution in [0, 0.1) is 0 Å². The van der Waals surface area contributed by atoms with E-state index in [0.717, 1.165) is 5.69 Å². The molecule has 114 valence electrons. The summed E-state index contributed by atoms with van der Waals surface area (Å²) in [5, 5.41) is 3.19. The average molecular weight is 308 g/mol. The van der Waals surface area contributed by atoms with E-state index in [9.17, 15) is 8.42 Å². The van der Waals surface area contributed by atoms with Gasteiger partial charge >= 0.3 is 0 Å². The van der Waals surface area contributed by atoms with Gasteiger partial charge in [0.25, 0.3) is 10.0 Å². The highest BCUT2D eigenvalue weighted by atomic mass is 32.2. The summed E-state index contributed by atoms with van der Waals surface area (Å²) in [6, 6.07) is 9.81. The molecule has 0 atom stereocenters. The maximum absolute atomic E-state index is 12.1. The molecule has 0 spiro atoms. The molecule has 0 bridgehead atoms. The van der Waals surface area contributed by atoms with Crippen molar-refractivity contribution < 1.29 is 8.42 Å². The van der Waals surface area contributed by atoms with Crippen LogP contribution in [0.15, 0.2) is 47.9 Å². The summed E-state index contributed by atoms with van der Waals surface area (Å²) in [6.45, 7) is 4.74. The fourth-order valence-corrected chi connectivity index (χ4v) is 2.73. The monoisotopic (exact) mass is 308 g/mol. The Kier molecular flexibility index (Phi) is 4.98. The van der Waals surface area contributed by atoms with Gasteiger partial charge in [0.1, 0.15) is 0 Å². The predicted octanol–water partition coefficient (Wildman–Crippen LogP) is 1.85. The molecule has 6 nitrogen and oxygen atoms in total. The Morgan fingerprint density at radius 1 is 1.19 bits per heavy atom. The molecule has 1 aromatic heterocycles. The Hall–Kier alpha value is -1.86. The number of rotatable bonds is 7. The molecule has 0 aliphatic heterocycles. The van der Waals surface area contributed by atoms with Crippen molar-refractivity contribution in [2.24, 2.45) is 0 Å². The summed E-state index contributed by atoms with van der Waals surface area (Å²) in [5.41, 5.74) is 0.959. The van der Waals surface area contributed by atoms with E-state index >= 15 is 0 Å². The minimum atomic E-state index is -3.55. The zero-order valence-corrected chi connectivity index (χ0v) is 13.0. The fraction of sp³-hybridized carbons (Fsp3) is 0.357. The minimum absolute atomic E-state index is 0.0518. The molecule has 0 fully saturated rings. The van der Waals surface area contributed by atoms with Crippen LogP contribution in [0.1, 0.15) is 19.9 Å². The van der Waals surface area contributed by atoms with E-state index in [-0.39, 0.29) is 11.1 Å². The summed E-state index contributed by atoms with van der Waals surface area (Å²) in [6.07, 6.45) is 3.07. The predicted molar refractivity (Wildman–Crippen MR) is 82.7 cm³/mol. The van der Waals surface area contributed by atoms with E-state index in [1.165, 1.54) is 12.5 Å². The van der Waals surface area contributed by atoms with E-state index < -0.39 is 10.0 Å². The highest BCUT2D eigenvalue weighted by molar-refractivity contribution is 7.89. The lowest BCUT2D eigenvalue weighted by molar-refractivity contribution is 0.577. The number of para-hydroxylation sites is 1. The maximum Gasteiger partial charge on any atom is 0.259 e. The van der Waals surface area contributed by atoms with Gasteiger partial charge in [-0.2, -0.15) is 0 Å². The van der Waals surface area contributed by atoms with Crippen molar-refractivity contribution >= 4 is 15.7 Å². The molecule has 21 heavy (non-hydrogen) atoms. The van der Waals surface area contributed by atoms with Gasteiger partial charge < -0.3 is 9.88 Å². The van der Waals surface area contributed by atoms with E-state index in [4.69, 9.17) is 0 Å².